The van der Waals surface area contributed by atoms with Crippen LogP contribution < -0.4 is 4.74 Å². The highest BCUT2D eigenvalue weighted by molar-refractivity contribution is 5.73. The van der Waals surface area contributed by atoms with E-state index in [0.717, 1.165) is 17.0 Å². The van der Waals surface area contributed by atoms with E-state index in [4.69, 9.17) is 9.72 Å². The zero-order valence-electron chi connectivity index (χ0n) is 15.6. The Balaban J connectivity index is 2.04. The normalized spacial score (nSPS) is 15.7. The van der Waals surface area contributed by atoms with Crippen molar-refractivity contribution in [1.82, 2.24) is 4.98 Å². The predicted molar refractivity (Wildman–Crippen MR) is 101 cm³/mol. The topological polar surface area (TPSA) is 22.1 Å². The van der Waals surface area contributed by atoms with E-state index < -0.39 is 0 Å². The molecule has 2 aromatic rings. The SMILES string of the molecule is COc1ccc(C(C)(C)C)cc1-c1ccc(C2CCCC2)nc1C. The maximum Gasteiger partial charge on any atom is 0.126 e. The molecule has 1 fully saturated rings. The van der Waals surface area contributed by atoms with Crippen LogP contribution in [0.4, 0.5) is 0 Å². The highest BCUT2D eigenvalue weighted by Crippen LogP contribution is 2.38. The van der Waals surface area contributed by atoms with Gasteiger partial charge in [0.05, 0.1) is 7.11 Å². The van der Waals surface area contributed by atoms with Crippen LogP contribution in [0.15, 0.2) is 30.3 Å². The van der Waals surface area contributed by atoms with Crippen LogP contribution in [0.2, 0.25) is 0 Å². The van der Waals surface area contributed by atoms with Gasteiger partial charge >= 0.3 is 0 Å². The average molecular weight is 323 g/mol. The van der Waals surface area contributed by atoms with Gasteiger partial charge in [-0.15, -0.1) is 0 Å². The van der Waals surface area contributed by atoms with Gasteiger partial charge in [0, 0.05) is 28.4 Å². The first-order valence-electron chi connectivity index (χ1n) is 9.06. The van der Waals surface area contributed by atoms with Gasteiger partial charge in [-0.1, -0.05) is 45.7 Å². The summed E-state index contributed by atoms with van der Waals surface area (Å²) in [5, 5.41) is 0. The van der Waals surface area contributed by atoms with E-state index in [0.29, 0.717) is 5.92 Å². The Morgan fingerprint density at radius 3 is 2.29 bits per heavy atom. The number of aryl methyl sites for hydroxylation is 1. The first-order chi connectivity index (χ1) is 11.4. The van der Waals surface area contributed by atoms with Gasteiger partial charge in [0.15, 0.2) is 0 Å². The van der Waals surface area contributed by atoms with Crippen LogP contribution in [-0.2, 0) is 5.41 Å². The molecule has 0 N–H and O–H groups in total. The molecule has 1 saturated carbocycles. The van der Waals surface area contributed by atoms with Crippen molar-refractivity contribution in [3.8, 4) is 16.9 Å². The fourth-order valence-electron chi connectivity index (χ4n) is 3.70. The Kier molecular flexibility index (Phi) is 4.67. The number of hydrogen-bond donors (Lipinski definition) is 0. The molecule has 1 heterocycles. The molecule has 1 aromatic carbocycles. The lowest BCUT2D eigenvalue weighted by molar-refractivity contribution is 0.416. The highest BCUT2D eigenvalue weighted by Gasteiger charge is 2.21. The second-order valence-corrected chi connectivity index (χ2v) is 8.02. The van der Waals surface area contributed by atoms with Gasteiger partial charge in [-0.3, -0.25) is 4.98 Å². The molecule has 0 aliphatic heterocycles. The molecular weight excluding hydrogens is 294 g/mol. The number of nitrogens with zero attached hydrogens (tertiary/aromatic N) is 1. The zero-order valence-corrected chi connectivity index (χ0v) is 15.6. The van der Waals surface area contributed by atoms with Crippen molar-refractivity contribution in [2.75, 3.05) is 7.11 Å². The maximum atomic E-state index is 5.62. The van der Waals surface area contributed by atoms with Gasteiger partial charge in [0.2, 0.25) is 0 Å². The molecular formula is C22H29NO. The lowest BCUT2D eigenvalue weighted by atomic mass is 9.85. The molecule has 0 atom stereocenters. The first kappa shape index (κ1) is 17.0. The summed E-state index contributed by atoms with van der Waals surface area (Å²) in [7, 11) is 1.74. The molecule has 2 nitrogen and oxygen atoms in total. The Morgan fingerprint density at radius 1 is 1.00 bits per heavy atom. The van der Waals surface area contributed by atoms with Crippen LogP contribution in [0.25, 0.3) is 11.1 Å². The molecule has 0 amide bonds. The molecule has 0 spiro atoms. The summed E-state index contributed by atoms with van der Waals surface area (Å²) in [6, 6.07) is 11.0. The lowest BCUT2D eigenvalue weighted by Gasteiger charge is -2.22. The fraction of sp³-hybridized carbons (Fsp3) is 0.500. The quantitative estimate of drug-likeness (QED) is 0.689. The van der Waals surface area contributed by atoms with E-state index in [2.05, 4.69) is 58.0 Å². The molecule has 1 aliphatic carbocycles. The molecule has 1 aromatic heterocycles. The summed E-state index contributed by atoms with van der Waals surface area (Å²) in [6.45, 7) is 8.85. The van der Waals surface area contributed by atoms with E-state index in [9.17, 15) is 0 Å². The van der Waals surface area contributed by atoms with Crippen LogP contribution >= 0.6 is 0 Å². The number of benzene rings is 1. The van der Waals surface area contributed by atoms with E-state index in [-0.39, 0.29) is 5.41 Å². The second kappa shape index (κ2) is 6.58. The van der Waals surface area contributed by atoms with Crippen LogP contribution in [0.5, 0.6) is 5.75 Å². The van der Waals surface area contributed by atoms with Crippen molar-refractivity contribution in [2.24, 2.45) is 0 Å². The molecule has 0 bridgehead atoms. The van der Waals surface area contributed by atoms with Gasteiger partial charge in [0.1, 0.15) is 5.75 Å². The van der Waals surface area contributed by atoms with E-state index in [1.165, 1.54) is 42.5 Å². The lowest BCUT2D eigenvalue weighted by Crippen LogP contribution is -2.11. The molecule has 2 heteroatoms. The van der Waals surface area contributed by atoms with Gasteiger partial charge < -0.3 is 4.74 Å². The van der Waals surface area contributed by atoms with Crippen molar-refractivity contribution >= 4 is 0 Å². The van der Waals surface area contributed by atoms with Gasteiger partial charge in [-0.25, -0.2) is 0 Å². The van der Waals surface area contributed by atoms with Crippen molar-refractivity contribution in [3.05, 3.63) is 47.3 Å². The molecule has 1 aliphatic rings. The molecule has 0 unspecified atom stereocenters. The third-order valence-electron chi connectivity index (χ3n) is 5.24. The van der Waals surface area contributed by atoms with Gasteiger partial charge in [0.25, 0.3) is 0 Å². The Morgan fingerprint density at radius 2 is 1.71 bits per heavy atom. The number of methoxy groups -OCH3 is 1. The van der Waals surface area contributed by atoms with E-state index >= 15 is 0 Å². The molecule has 0 radical (unpaired) electrons. The van der Waals surface area contributed by atoms with Crippen LogP contribution in [-0.4, -0.2) is 12.1 Å². The zero-order chi connectivity index (χ0) is 17.3. The monoisotopic (exact) mass is 323 g/mol. The van der Waals surface area contributed by atoms with Crippen molar-refractivity contribution in [3.63, 3.8) is 0 Å². The summed E-state index contributed by atoms with van der Waals surface area (Å²) in [4.78, 5) is 4.94. The Labute approximate surface area is 146 Å². The van der Waals surface area contributed by atoms with Crippen LogP contribution in [0, 0.1) is 6.92 Å². The standard InChI is InChI=1S/C22H29NO/c1-15-18(11-12-20(23-15)16-8-6-7-9-16)19-14-17(22(2,3)4)10-13-21(19)24-5/h10-14,16H,6-9H2,1-5H3. The molecule has 0 saturated heterocycles. The van der Waals surface area contributed by atoms with Crippen LogP contribution in [0.1, 0.15) is 69.3 Å². The summed E-state index contributed by atoms with van der Waals surface area (Å²) in [5.74, 6) is 1.57. The number of ether oxygens (including phenoxy) is 1. The van der Waals surface area contributed by atoms with Crippen LogP contribution in [0.3, 0.4) is 0 Å². The summed E-state index contributed by atoms with van der Waals surface area (Å²) in [6.07, 6.45) is 5.26. The number of hydrogen-bond acceptors (Lipinski definition) is 2. The number of aromatic nitrogens is 1. The Bertz CT molecular complexity index is 721. The number of rotatable bonds is 3. The van der Waals surface area contributed by atoms with E-state index in [1.807, 2.05) is 0 Å². The Hall–Kier alpha value is -1.83. The first-order valence-corrected chi connectivity index (χ1v) is 9.06. The minimum absolute atomic E-state index is 0.117. The molecule has 3 rings (SSSR count). The van der Waals surface area contributed by atoms with Crippen molar-refractivity contribution in [2.45, 2.75) is 64.7 Å². The maximum absolute atomic E-state index is 5.62. The summed E-state index contributed by atoms with van der Waals surface area (Å²) >= 11 is 0. The van der Waals surface area contributed by atoms with Crippen molar-refractivity contribution in [1.29, 1.82) is 0 Å². The highest BCUT2D eigenvalue weighted by atomic mass is 16.5. The van der Waals surface area contributed by atoms with Gasteiger partial charge in [-0.05, 0) is 48.9 Å². The largest absolute Gasteiger partial charge is 0.496 e. The molecule has 128 valence electrons. The summed E-state index contributed by atoms with van der Waals surface area (Å²) in [5.41, 5.74) is 6.13. The predicted octanol–water partition coefficient (Wildman–Crippen LogP) is 6.02. The van der Waals surface area contributed by atoms with Crippen molar-refractivity contribution < 1.29 is 4.74 Å². The minimum atomic E-state index is 0.117. The average Bonchev–Trinajstić information content (AvgIpc) is 3.08. The third-order valence-corrected chi connectivity index (χ3v) is 5.24. The minimum Gasteiger partial charge on any atom is -0.496 e. The third kappa shape index (κ3) is 3.33. The molecule has 24 heavy (non-hydrogen) atoms. The second-order valence-electron chi connectivity index (χ2n) is 8.02. The van der Waals surface area contributed by atoms with E-state index in [1.54, 1.807) is 7.11 Å². The van der Waals surface area contributed by atoms with Gasteiger partial charge in [-0.2, -0.15) is 0 Å². The summed E-state index contributed by atoms with van der Waals surface area (Å²) < 4.78 is 5.62. The smallest absolute Gasteiger partial charge is 0.126 e. The fourth-order valence-corrected chi connectivity index (χ4v) is 3.70. The number of pyridine rings is 1.